The Morgan fingerprint density at radius 1 is 1.57 bits per heavy atom. The van der Waals surface area contributed by atoms with E-state index in [0.29, 0.717) is 16.6 Å². The first-order valence-corrected chi connectivity index (χ1v) is 7.48. The van der Waals surface area contributed by atoms with Crippen LogP contribution in [0, 0.1) is 0 Å². The van der Waals surface area contributed by atoms with Crippen LogP contribution in [0.25, 0.3) is 6.08 Å². The van der Waals surface area contributed by atoms with Crippen molar-refractivity contribution in [3.63, 3.8) is 0 Å². The molecule has 5 heteroatoms. The van der Waals surface area contributed by atoms with Gasteiger partial charge in [0.25, 0.3) is 0 Å². The predicted molar refractivity (Wildman–Crippen MR) is 85.0 cm³/mol. The number of benzene rings is 1. The molecule has 0 radical (unpaired) electrons. The molecule has 0 bridgehead atoms. The van der Waals surface area contributed by atoms with E-state index in [4.69, 9.17) is 21.4 Å². The van der Waals surface area contributed by atoms with Crippen LogP contribution in [-0.2, 0) is 9.53 Å². The third-order valence-corrected chi connectivity index (χ3v) is 3.99. The third-order valence-electron chi connectivity index (χ3n) is 3.66. The highest BCUT2D eigenvalue weighted by atomic mass is 35.5. The maximum absolute atomic E-state index is 10.6. The predicted octanol–water partition coefficient (Wildman–Crippen LogP) is 3.44. The Hall–Kier alpha value is -1.52. The maximum Gasteiger partial charge on any atom is 0.328 e. The lowest BCUT2D eigenvalue weighted by molar-refractivity contribution is -0.131. The van der Waals surface area contributed by atoms with Crippen molar-refractivity contribution < 1.29 is 14.6 Å². The topological polar surface area (TPSA) is 49.8 Å². The minimum absolute atomic E-state index is 0.193. The van der Waals surface area contributed by atoms with Gasteiger partial charge in [-0.25, -0.2) is 4.79 Å². The number of carboxylic acid groups (broad SMARTS) is 1. The van der Waals surface area contributed by atoms with Gasteiger partial charge >= 0.3 is 5.97 Å². The van der Waals surface area contributed by atoms with E-state index in [2.05, 4.69) is 18.7 Å². The molecule has 0 spiro atoms. The average molecular weight is 310 g/mol. The van der Waals surface area contributed by atoms with Crippen LogP contribution in [0.1, 0.15) is 25.8 Å². The van der Waals surface area contributed by atoms with E-state index < -0.39 is 5.97 Å². The molecule has 1 saturated heterocycles. The van der Waals surface area contributed by atoms with Crippen LogP contribution in [0.3, 0.4) is 0 Å². The zero-order chi connectivity index (χ0) is 15.4. The SMILES string of the molecule is CCC1COC(C)CN1c1ccc(/C=C/C(=O)O)c(Cl)c1. The molecule has 0 saturated carbocycles. The third kappa shape index (κ3) is 3.99. The lowest BCUT2D eigenvalue weighted by atomic mass is 10.1. The summed E-state index contributed by atoms with van der Waals surface area (Å²) < 4.78 is 5.70. The van der Waals surface area contributed by atoms with E-state index in [9.17, 15) is 4.79 Å². The minimum Gasteiger partial charge on any atom is -0.478 e. The van der Waals surface area contributed by atoms with E-state index in [1.54, 1.807) is 0 Å². The summed E-state index contributed by atoms with van der Waals surface area (Å²) in [6, 6.07) is 6.07. The first-order valence-electron chi connectivity index (χ1n) is 7.10. The molecule has 2 rings (SSSR count). The second kappa shape index (κ2) is 6.96. The number of carbonyl (C=O) groups is 1. The number of nitrogens with zero attached hydrogens (tertiary/aromatic N) is 1. The number of carboxylic acids is 1. The van der Waals surface area contributed by atoms with E-state index in [1.807, 2.05) is 18.2 Å². The summed E-state index contributed by atoms with van der Waals surface area (Å²) in [5, 5.41) is 9.22. The second-order valence-electron chi connectivity index (χ2n) is 5.24. The Morgan fingerprint density at radius 2 is 2.33 bits per heavy atom. The van der Waals surface area contributed by atoms with Crippen LogP contribution in [0.4, 0.5) is 5.69 Å². The number of hydrogen-bond donors (Lipinski definition) is 1. The van der Waals surface area contributed by atoms with Gasteiger partial charge in [-0.2, -0.15) is 0 Å². The summed E-state index contributed by atoms with van der Waals surface area (Å²) in [6.07, 6.45) is 3.80. The molecule has 0 aliphatic carbocycles. The smallest absolute Gasteiger partial charge is 0.328 e. The molecular formula is C16H20ClNO3. The van der Waals surface area contributed by atoms with Crippen molar-refractivity contribution in [2.24, 2.45) is 0 Å². The van der Waals surface area contributed by atoms with Gasteiger partial charge in [0.2, 0.25) is 0 Å². The number of ether oxygens (including phenoxy) is 1. The number of morpholine rings is 1. The van der Waals surface area contributed by atoms with Crippen molar-refractivity contribution in [2.75, 3.05) is 18.1 Å². The zero-order valence-corrected chi connectivity index (χ0v) is 13.0. The van der Waals surface area contributed by atoms with Gasteiger partial charge in [-0.1, -0.05) is 24.6 Å². The fourth-order valence-corrected chi connectivity index (χ4v) is 2.73. The number of halogens is 1. The Kier molecular flexibility index (Phi) is 5.26. The van der Waals surface area contributed by atoms with Gasteiger partial charge in [0.05, 0.1) is 18.8 Å². The molecule has 114 valence electrons. The highest BCUT2D eigenvalue weighted by molar-refractivity contribution is 6.32. The molecule has 2 unspecified atom stereocenters. The summed E-state index contributed by atoms with van der Waals surface area (Å²) >= 11 is 6.26. The summed E-state index contributed by atoms with van der Waals surface area (Å²) in [7, 11) is 0. The molecule has 0 amide bonds. The Labute approximate surface area is 130 Å². The normalized spacial score (nSPS) is 22.7. The monoisotopic (exact) mass is 309 g/mol. The van der Waals surface area contributed by atoms with Crippen LogP contribution in [0.2, 0.25) is 5.02 Å². The van der Waals surface area contributed by atoms with Crippen LogP contribution in [0.15, 0.2) is 24.3 Å². The first kappa shape index (κ1) is 15.9. The summed E-state index contributed by atoms with van der Waals surface area (Å²) in [5.41, 5.74) is 1.76. The molecular weight excluding hydrogens is 290 g/mol. The maximum atomic E-state index is 10.6. The van der Waals surface area contributed by atoms with Gasteiger partial charge in [-0.15, -0.1) is 0 Å². The van der Waals surface area contributed by atoms with Crippen molar-refractivity contribution in [3.8, 4) is 0 Å². The van der Waals surface area contributed by atoms with E-state index >= 15 is 0 Å². The largest absolute Gasteiger partial charge is 0.478 e. The van der Waals surface area contributed by atoms with Gasteiger partial charge in [0.15, 0.2) is 0 Å². The molecule has 0 aromatic heterocycles. The fourth-order valence-electron chi connectivity index (χ4n) is 2.49. The molecule has 1 aromatic rings. The number of rotatable bonds is 4. The number of hydrogen-bond acceptors (Lipinski definition) is 3. The van der Waals surface area contributed by atoms with E-state index in [-0.39, 0.29) is 6.10 Å². The summed E-state index contributed by atoms with van der Waals surface area (Å²) in [5.74, 6) is -0.983. The second-order valence-corrected chi connectivity index (χ2v) is 5.64. The Morgan fingerprint density at radius 3 is 2.95 bits per heavy atom. The lowest BCUT2D eigenvalue weighted by Gasteiger charge is -2.40. The fraction of sp³-hybridized carbons (Fsp3) is 0.438. The summed E-state index contributed by atoms with van der Waals surface area (Å²) in [6.45, 7) is 5.75. The van der Waals surface area contributed by atoms with Crippen LogP contribution < -0.4 is 4.90 Å². The van der Waals surface area contributed by atoms with E-state index in [0.717, 1.165) is 31.3 Å². The minimum atomic E-state index is -0.983. The van der Waals surface area contributed by atoms with Crippen LogP contribution >= 0.6 is 11.6 Å². The summed E-state index contributed by atoms with van der Waals surface area (Å²) in [4.78, 5) is 12.9. The quantitative estimate of drug-likeness (QED) is 0.866. The van der Waals surface area contributed by atoms with Crippen molar-refractivity contribution in [1.29, 1.82) is 0 Å². The van der Waals surface area contributed by atoms with Crippen LogP contribution in [0.5, 0.6) is 0 Å². The van der Waals surface area contributed by atoms with Crippen molar-refractivity contribution in [2.45, 2.75) is 32.4 Å². The zero-order valence-electron chi connectivity index (χ0n) is 12.3. The van der Waals surface area contributed by atoms with Gasteiger partial charge in [0, 0.05) is 23.3 Å². The standard InChI is InChI=1S/C16H20ClNO3/c1-3-13-10-21-11(2)9-18(13)14-6-4-12(15(17)8-14)5-7-16(19)20/h4-8,11,13H,3,9-10H2,1-2H3,(H,19,20)/b7-5+. The molecule has 1 heterocycles. The van der Waals surface area contributed by atoms with Gasteiger partial charge in [-0.3, -0.25) is 0 Å². The number of anilines is 1. The van der Waals surface area contributed by atoms with Gasteiger partial charge < -0.3 is 14.7 Å². The van der Waals surface area contributed by atoms with Crippen LogP contribution in [-0.4, -0.2) is 36.4 Å². The highest BCUT2D eigenvalue weighted by Gasteiger charge is 2.25. The molecule has 4 nitrogen and oxygen atoms in total. The Balaban J connectivity index is 2.23. The molecule has 1 fully saturated rings. The first-order chi connectivity index (χ1) is 10.0. The molecule has 2 atom stereocenters. The van der Waals surface area contributed by atoms with E-state index in [1.165, 1.54) is 6.08 Å². The molecule has 1 aliphatic rings. The molecule has 21 heavy (non-hydrogen) atoms. The van der Waals surface area contributed by atoms with Gasteiger partial charge in [0.1, 0.15) is 0 Å². The van der Waals surface area contributed by atoms with Crippen molar-refractivity contribution in [1.82, 2.24) is 0 Å². The molecule has 1 aromatic carbocycles. The van der Waals surface area contributed by atoms with Crippen molar-refractivity contribution in [3.05, 3.63) is 34.9 Å². The molecule has 1 aliphatic heterocycles. The highest BCUT2D eigenvalue weighted by Crippen LogP contribution is 2.28. The molecule has 1 N–H and O–H groups in total. The van der Waals surface area contributed by atoms with Gasteiger partial charge in [-0.05, 0) is 37.1 Å². The Bertz CT molecular complexity index is 544. The lowest BCUT2D eigenvalue weighted by Crippen LogP contribution is -2.48. The number of aliphatic carboxylic acids is 1. The van der Waals surface area contributed by atoms with Crippen molar-refractivity contribution >= 4 is 29.3 Å². The average Bonchev–Trinajstić information content (AvgIpc) is 2.45.